The number of urea groups is 1. The fourth-order valence-corrected chi connectivity index (χ4v) is 3.98. The van der Waals surface area contributed by atoms with Crippen molar-refractivity contribution in [3.63, 3.8) is 0 Å². The Labute approximate surface area is 204 Å². The van der Waals surface area contributed by atoms with Crippen molar-refractivity contribution >= 4 is 12.0 Å². The van der Waals surface area contributed by atoms with Crippen LogP contribution < -0.4 is 15.8 Å². The first kappa shape index (κ1) is 24.3. The molecule has 2 aromatic carbocycles. The lowest BCUT2D eigenvalue weighted by Gasteiger charge is -2.38. The number of aromatic nitrogens is 2. The molecule has 3 aromatic rings. The molecule has 0 spiro atoms. The van der Waals surface area contributed by atoms with Gasteiger partial charge in [-0.3, -0.25) is 4.79 Å². The van der Waals surface area contributed by atoms with Gasteiger partial charge in [-0.15, -0.1) is 0 Å². The molecule has 2 amide bonds. The van der Waals surface area contributed by atoms with Crippen LogP contribution in [-0.4, -0.2) is 27.7 Å². The van der Waals surface area contributed by atoms with E-state index in [0.29, 0.717) is 30.2 Å². The first-order chi connectivity index (χ1) is 16.6. The maximum absolute atomic E-state index is 12.9. The Hall–Kier alpha value is -3.88. The van der Waals surface area contributed by atoms with Crippen LogP contribution in [0.2, 0.25) is 0 Å². The van der Waals surface area contributed by atoms with Gasteiger partial charge in [0.05, 0.1) is 12.5 Å². The first-order valence-electron chi connectivity index (χ1n) is 11.6. The van der Waals surface area contributed by atoms with Crippen molar-refractivity contribution < 1.29 is 23.6 Å². The summed E-state index contributed by atoms with van der Waals surface area (Å²) in [6.07, 6.45) is 2.27. The van der Waals surface area contributed by atoms with E-state index < -0.39 is 23.1 Å². The van der Waals surface area contributed by atoms with Crippen molar-refractivity contribution in [1.82, 2.24) is 15.5 Å². The summed E-state index contributed by atoms with van der Waals surface area (Å²) >= 11 is 0. The Morgan fingerprint density at radius 2 is 1.83 bits per heavy atom. The van der Waals surface area contributed by atoms with E-state index in [1.54, 1.807) is 0 Å². The molecule has 0 bridgehead atoms. The molecule has 1 unspecified atom stereocenters. The predicted octanol–water partition coefficient (Wildman–Crippen LogP) is 4.58. The number of esters is 1. The number of carbonyl (C=O) groups is 2. The summed E-state index contributed by atoms with van der Waals surface area (Å²) in [6.45, 7) is 5.48. The maximum atomic E-state index is 12.9. The number of ether oxygens (including phenoxy) is 2. The molecule has 0 saturated heterocycles. The van der Waals surface area contributed by atoms with Crippen molar-refractivity contribution in [3.05, 3.63) is 71.9 Å². The number of hydrogen-bond acceptors (Lipinski definition) is 7. The monoisotopic (exact) mass is 478 g/mol. The molecule has 1 heterocycles. The highest BCUT2D eigenvalue weighted by Gasteiger charge is 2.52. The number of para-hydroxylation sites is 1. The van der Waals surface area contributed by atoms with E-state index in [4.69, 9.17) is 19.7 Å². The molecule has 4 rings (SSSR count). The lowest BCUT2D eigenvalue weighted by atomic mass is 9.68. The van der Waals surface area contributed by atoms with Gasteiger partial charge in [0.25, 0.3) is 0 Å². The third kappa shape index (κ3) is 5.79. The maximum Gasteiger partial charge on any atom is 0.320 e. The minimum atomic E-state index is -0.898. The van der Waals surface area contributed by atoms with E-state index in [1.165, 1.54) is 0 Å². The van der Waals surface area contributed by atoms with Gasteiger partial charge in [-0.25, -0.2) is 4.79 Å². The molecule has 184 valence electrons. The average Bonchev–Trinajstić information content (AvgIpc) is 3.20. The van der Waals surface area contributed by atoms with Crippen LogP contribution in [0.1, 0.15) is 63.4 Å². The molecule has 0 radical (unpaired) electrons. The van der Waals surface area contributed by atoms with Crippen LogP contribution in [0, 0.1) is 0 Å². The fraction of sp³-hybridized carbons (Fsp3) is 0.385. The molecule has 0 aliphatic heterocycles. The smallest absolute Gasteiger partial charge is 0.320 e. The number of rotatable bonds is 8. The van der Waals surface area contributed by atoms with Gasteiger partial charge >= 0.3 is 12.0 Å². The molecule has 1 fully saturated rings. The summed E-state index contributed by atoms with van der Waals surface area (Å²) in [5.74, 6) is 1.55. The van der Waals surface area contributed by atoms with Crippen molar-refractivity contribution in [2.45, 2.75) is 63.5 Å². The predicted molar refractivity (Wildman–Crippen MR) is 128 cm³/mol. The van der Waals surface area contributed by atoms with Gasteiger partial charge in [0.2, 0.25) is 5.89 Å². The van der Waals surface area contributed by atoms with Gasteiger partial charge in [-0.1, -0.05) is 41.9 Å². The Bertz CT molecular complexity index is 1180. The van der Waals surface area contributed by atoms with E-state index in [0.717, 1.165) is 12.0 Å². The zero-order chi connectivity index (χ0) is 25.1. The Morgan fingerprint density at radius 1 is 1.11 bits per heavy atom. The lowest BCUT2D eigenvalue weighted by molar-refractivity contribution is -0.166. The van der Waals surface area contributed by atoms with Gasteiger partial charge in [-0.2, -0.15) is 4.98 Å². The van der Waals surface area contributed by atoms with Crippen LogP contribution in [0.15, 0.2) is 59.1 Å². The van der Waals surface area contributed by atoms with Crippen LogP contribution in [0.25, 0.3) is 0 Å². The number of nitrogens with two attached hydrogens (primary N) is 1. The summed E-state index contributed by atoms with van der Waals surface area (Å²) in [5, 5.41) is 6.83. The molecule has 9 nitrogen and oxygen atoms in total. The molecule has 3 N–H and O–H groups in total. The topological polar surface area (TPSA) is 130 Å². The molecule has 9 heteroatoms. The Kier molecular flexibility index (Phi) is 6.77. The van der Waals surface area contributed by atoms with E-state index in [2.05, 4.69) is 15.5 Å². The van der Waals surface area contributed by atoms with Gasteiger partial charge in [0.15, 0.2) is 5.82 Å². The summed E-state index contributed by atoms with van der Waals surface area (Å²) in [5.41, 5.74) is 4.68. The summed E-state index contributed by atoms with van der Waals surface area (Å²) in [6, 6.07) is 15.5. The van der Waals surface area contributed by atoms with Crippen LogP contribution in [0.5, 0.6) is 11.5 Å². The SMILES string of the molecule is CC(C)(C)OC(=O)C1(c2noc(CC(NC(N)=O)c3cccc(Oc4ccccc4)c3)n2)CCC1. The number of primary amides is 1. The van der Waals surface area contributed by atoms with Crippen LogP contribution in [-0.2, 0) is 21.4 Å². The molecule has 1 aliphatic rings. The van der Waals surface area contributed by atoms with Crippen LogP contribution in [0.3, 0.4) is 0 Å². The molecule has 1 saturated carbocycles. The lowest BCUT2D eigenvalue weighted by Crippen LogP contribution is -2.47. The van der Waals surface area contributed by atoms with Gasteiger partial charge < -0.3 is 25.0 Å². The quantitative estimate of drug-likeness (QED) is 0.453. The minimum absolute atomic E-state index is 0.190. The van der Waals surface area contributed by atoms with Crippen molar-refractivity contribution in [2.75, 3.05) is 0 Å². The minimum Gasteiger partial charge on any atom is -0.459 e. The number of nitrogens with zero attached hydrogens (tertiary/aromatic N) is 2. The van der Waals surface area contributed by atoms with E-state index >= 15 is 0 Å². The third-order valence-electron chi connectivity index (χ3n) is 5.83. The molecular formula is C26H30N4O5. The standard InChI is InChI=1S/C26H30N4O5/c1-25(2,3)34-23(31)26(13-8-14-26)22-29-21(35-30-22)16-20(28-24(27)32)17-9-7-12-19(15-17)33-18-10-5-4-6-11-18/h4-7,9-12,15,20H,8,13-14,16H2,1-3H3,(H3,27,28,32). The van der Waals surface area contributed by atoms with Gasteiger partial charge in [-0.05, 0) is 63.4 Å². The zero-order valence-electron chi connectivity index (χ0n) is 20.1. The second-order valence-electron chi connectivity index (χ2n) is 9.70. The molecule has 1 aliphatic carbocycles. The van der Waals surface area contributed by atoms with Crippen LogP contribution in [0.4, 0.5) is 4.79 Å². The molecule has 1 atom stereocenters. The highest BCUT2D eigenvalue weighted by molar-refractivity contribution is 5.83. The highest BCUT2D eigenvalue weighted by atomic mass is 16.6. The molecule has 35 heavy (non-hydrogen) atoms. The van der Waals surface area contributed by atoms with Gasteiger partial charge in [0, 0.05) is 0 Å². The number of hydrogen-bond donors (Lipinski definition) is 2. The highest BCUT2D eigenvalue weighted by Crippen LogP contribution is 2.44. The van der Waals surface area contributed by atoms with Crippen LogP contribution >= 0.6 is 0 Å². The normalized spacial score (nSPS) is 15.5. The zero-order valence-corrected chi connectivity index (χ0v) is 20.1. The summed E-state index contributed by atoms with van der Waals surface area (Å²) < 4.78 is 17.0. The third-order valence-corrected chi connectivity index (χ3v) is 5.83. The van der Waals surface area contributed by atoms with E-state index in [-0.39, 0.29) is 18.3 Å². The number of benzene rings is 2. The van der Waals surface area contributed by atoms with E-state index in [9.17, 15) is 9.59 Å². The van der Waals surface area contributed by atoms with Gasteiger partial charge in [0.1, 0.15) is 22.5 Å². The van der Waals surface area contributed by atoms with Crippen molar-refractivity contribution in [1.29, 1.82) is 0 Å². The number of nitrogens with one attached hydrogen (secondary N) is 1. The Morgan fingerprint density at radius 3 is 2.46 bits per heavy atom. The number of amides is 2. The van der Waals surface area contributed by atoms with Crippen molar-refractivity contribution in [3.8, 4) is 11.5 Å². The Balaban J connectivity index is 1.54. The second-order valence-corrected chi connectivity index (χ2v) is 9.70. The molecular weight excluding hydrogens is 448 g/mol. The summed E-state index contributed by atoms with van der Waals surface area (Å²) in [4.78, 5) is 29.2. The van der Waals surface area contributed by atoms with E-state index in [1.807, 2.05) is 75.4 Å². The first-order valence-corrected chi connectivity index (χ1v) is 11.6. The largest absolute Gasteiger partial charge is 0.459 e. The molecule has 1 aromatic heterocycles. The second kappa shape index (κ2) is 9.77. The average molecular weight is 479 g/mol. The number of carbonyl (C=O) groups excluding carboxylic acids is 2. The summed E-state index contributed by atoms with van der Waals surface area (Å²) in [7, 11) is 0. The fourth-order valence-electron chi connectivity index (χ4n) is 3.98. The van der Waals surface area contributed by atoms with Crippen molar-refractivity contribution in [2.24, 2.45) is 5.73 Å².